The maximum absolute atomic E-state index is 11.7. The van der Waals surface area contributed by atoms with E-state index in [0.717, 1.165) is 0 Å². The van der Waals surface area contributed by atoms with Gasteiger partial charge in [-0.2, -0.15) is 0 Å². The fourth-order valence-corrected chi connectivity index (χ4v) is 1.42. The van der Waals surface area contributed by atoms with Crippen molar-refractivity contribution in [3.63, 3.8) is 0 Å². The van der Waals surface area contributed by atoms with Crippen molar-refractivity contribution in [2.45, 2.75) is 32.5 Å². The summed E-state index contributed by atoms with van der Waals surface area (Å²) in [5, 5.41) is 18.1. The van der Waals surface area contributed by atoms with Crippen LogP contribution in [0.3, 0.4) is 0 Å². The van der Waals surface area contributed by atoms with Gasteiger partial charge in [0.15, 0.2) is 6.10 Å². The lowest BCUT2D eigenvalue weighted by molar-refractivity contribution is -0.873. The molecule has 2 N–H and O–H groups in total. The van der Waals surface area contributed by atoms with Crippen molar-refractivity contribution in [1.82, 2.24) is 0 Å². The third-order valence-corrected chi connectivity index (χ3v) is 2.53. The molecule has 0 aromatic rings. The number of carbonyl (C=O) groups is 2. The van der Waals surface area contributed by atoms with E-state index in [2.05, 4.69) is 0 Å². The number of esters is 1. The molecule has 0 bridgehead atoms. The summed E-state index contributed by atoms with van der Waals surface area (Å²) in [6.07, 6.45) is -1.73. The van der Waals surface area contributed by atoms with Gasteiger partial charge in [0.1, 0.15) is 6.54 Å². The number of rotatable bonds is 7. The molecule has 0 aromatic heterocycles. The van der Waals surface area contributed by atoms with Crippen LogP contribution in [0.4, 0.5) is 0 Å². The second-order valence-electron chi connectivity index (χ2n) is 5.66. The summed E-state index contributed by atoms with van der Waals surface area (Å²) >= 11 is 0. The Balaban J connectivity index is 4.59. The Labute approximate surface area is 108 Å². The maximum Gasteiger partial charge on any atom is 0.311 e. The molecule has 0 aliphatic rings. The summed E-state index contributed by atoms with van der Waals surface area (Å²) in [5.74, 6) is -2.23. The summed E-state index contributed by atoms with van der Waals surface area (Å²) in [6, 6.07) is 0. The Hall–Kier alpha value is -1.14. The Morgan fingerprint density at radius 2 is 1.72 bits per heavy atom. The molecule has 106 valence electrons. The highest BCUT2D eigenvalue weighted by Gasteiger charge is 2.28. The van der Waals surface area contributed by atoms with Gasteiger partial charge in [0.05, 0.1) is 39.6 Å². The Morgan fingerprint density at radius 3 is 2.06 bits per heavy atom. The van der Waals surface area contributed by atoms with Crippen LogP contribution >= 0.6 is 0 Å². The van der Waals surface area contributed by atoms with Crippen molar-refractivity contribution in [2.24, 2.45) is 5.92 Å². The zero-order valence-corrected chi connectivity index (χ0v) is 11.7. The lowest BCUT2D eigenvalue weighted by Gasteiger charge is -2.29. The Morgan fingerprint density at radius 1 is 1.22 bits per heavy atom. The minimum atomic E-state index is -1.01. The Kier molecular flexibility index (Phi) is 6.28. The summed E-state index contributed by atoms with van der Waals surface area (Å²) in [4.78, 5) is 22.4. The minimum absolute atomic E-state index is 0.228. The molecule has 0 aliphatic heterocycles. The molecule has 18 heavy (non-hydrogen) atoms. The number of hydrogen-bond acceptors (Lipinski definition) is 4. The summed E-state index contributed by atoms with van der Waals surface area (Å²) in [6.45, 7) is 3.46. The van der Waals surface area contributed by atoms with Gasteiger partial charge in [-0.15, -0.1) is 0 Å². The maximum atomic E-state index is 11.7. The SMILES string of the molecule is CC(O)[C@H](C)C(=O)O[C@H](CC(=O)O)C[N+](C)(C)C. The molecular weight excluding hydrogens is 238 g/mol. The van der Waals surface area contributed by atoms with Crippen molar-refractivity contribution in [1.29, 1.82) is 0 Å². The molecular formula is C12H24NO5+. The molecule has 0 rings (SSSR count). The molecule has 0 amide bonds. The van der Waals surface area contributed by atoms with E-state index in [0.29, 0.717) is 11.0 Å². The first-order valence-electron chi connectivity index (χ1n) is 5.93. The summed E-state index contributed by atoms with van der Waals surface area (Å²) in [5.41, 5.74) is 0. The van der Waals surface area contributed by atoms with Gasteiger partial charge in [-0.05, 0) is 13.8 Å². The zero-order chi connectivity index (χ0) is 14.5. The number of aliphatic hydroxyl groups excluding tert-OH is 1. The number of carboxylic acid groups (broad SMARTS) is 1. The van der Waals surface area contributed by atoms with E-state index >= 15 is 0 Å². The molecule has 0 aromatic carbocycles. The van der Waals surface area contributed by atoms with E-state index in [-0.39, 0.29) is 6.42 Å². The molecule has 0 spiro atoms. The van der Waals surface area contributed by atoms with Gasteiger partial charge in [-0.3, -0.25) is 9.59 Å². The van der Waals surface area contributed by atoms with E-state index in [4.69, 9.17) is 9.84 Å². The highest BCUT2D eigenvalue weighted by Crippen LogP contribution is 2.11. The number of ether oxygens (including phenoxy) is 1. The molecule has 0 radical (unpaired) electrons. The van der Waals surface area contributed by atoms with Crippen molar-refractivity contribution in [3.8, 4) is 0 Å². The third kappa shape index (κ3) is 7.24. The van der Waals surface area contributed by atoms with Crippen LogP contribution in [0.15, 0.2) is 0 Å². The quantitative estimate of drug-likeness (QED) is 0.502. The molecule has 0 aliphatic carbocycles. The van der Waals surface area contributed by atoms with Crippen LogP contribution in [-0.4, -0.2) is 66.5 Å². The van der Waals surface area contributed by atoms with Crippen molar-refractivity contribution < 1.29 is 29.0 Å². The van der Waals surface area contributed by atoms with Gasteiger partial charge in [0.2, 0.25) is 0 Å². The number of likely N-dealkylation sites (N-methyl/N-ethyl adjacent to an activating group) is 1. The van der Waals surface area contributed by atoms with Crippen LogP contribution in [0.2, 0.25) is 0 Å². The Bertz CT molecular complexity index is 295. The largest absolute Gasteiger partial charge is 0.481 e. The summed E-state index contributed by atoms with van der Waals surface area (Å²) < 4.78 is 5.66. The number of carbonyl (C=O) groups excluding carboxylic acids is 1. The van der Waals surface area contributed by atoms with Crippen LogP contribution in [0.25, 0.3) is 0 Å². The average molecular weight is 262 g/mol. The van der Waals surface area contributed by atoms with Gasteiger partial charge < -0.3 is 19.4 Å². The molecule has 0 fully saturated rings. The number of nitrogens with zero attached hydrogens (tertiary/aromatic N) is 1. The second-order valence-corrected chi connectivity index (χ2v) is 5.66. The molecule has 0 saturated heterocycles. The topological polar surface area (TPSA) is 83.8 Å². The average Bonchev–Trinajstić information content (AvgIpc) is 2.11. The van der Waals surface area contributed by atoms with Crippen LogP contribution in [0.1, 0.15) is 20.3 Å². The predicted molar refractivity (Wildman–Crippen MR) is 65.9 cm³/mol. The van der Waals surface area contributed by atoms with Gasteiger partial charge >= 0.3 is 11.9 Å². The fraction of sp³-hybridized carbons (Fsp3) is 0.833. The molecule has 6 nitrogen and oxygen atoms in total. The molecule has 6 heteroatoms. The van der Waals surface area contributed by atoms with E-state index in [9.17, 15) is 14.7 Å². The first-order valence-corrected chi connectivity index (χ1v) is 5.93. The van der Waals surface area contributed by atoms with Crippen LogP contribution in [-0.2, 0) is 14.3 Å². The van der Waals surface area contributed by atoms with E-state index < -0.39 is 30.1 Å². The van der Waals surface area contributed by atoms with Gasteiger partial charge in [0, 0.05) is 0 Å². The number of hydrogen-bond donors (Lipinski definition) is 2. The highest BCUT2D eigenvalue weighted by atomic mass is 16.5. The number of quaternary nitrogens is 1. The van der Waals surface area contributed by atoms with Gasteiger partial charge in [-0.1, -0.05) is 0 Å². The highest BCUT2D eigenvalue weighted by molar-refractivity contribution is 5.73. The molecule has 0 heterocycles. The third-order valence-electron chi connectivity index (χ3n) is 2.53. The smallest absolute Gasteiger partial charge is 0.311 e. The molecule has 0 saturated carbocycles. The zero-order valence-electron chi connectivity index (χ0n) is 11.7. The van der Waals surface area contributed by atoms with Crippen LogP contribution in [0.5, 0.6) is 0 Å². The van der Waals surface area contributed by atoms with Crippen molar-refractivity contribution >= 4 is 11.9 Å². The lowest BCUT2D eigenvalue weighted by Crippen LogP contribution is -2.44. The lowest BCUT2D eigenvalue weighted by atomic mass is 10.1. The summed E-state index contributed by atoms with van der Waals surface area (Å²) in [7, 11) is 5.67. The minimum Gasteiger partial charge on any atom is -0.481 e. The van der Waals surface area contributed by atoms with Crippen LogP contribution < -0.4 is 0 Å². The molecule has 1 unspecified atom stereocenters. The normalized spacial score (nSPS) is 16.8. The standard InChI is InChI=1S/C12H23NO5/c1-8(9(2)14)12(17)18-10(6-11(15)16)7-13(3,4)5/h8-10,14H,6-7H2,1-5H3/p+1/t8-,9?,10+/m0/s1. The first kappa shape index (κ1) is 16.9. The van der Waals surface area contributed by atoms with Crippen molar-refractivity contribution in [3.05, 3.63) is 0 Å². The number of aliphatic carboxylic acids is 1. The second kappa shape index (κ2) is 6.70. The molecule has 3 atom stereocenters. The fourth-order valence-electron chi connectivity index (χ4n) is 1.42. The van der Waals surface area contributed by atoms with Crippen molar-refractivity contribution in [2.75, 3.05) is 27.7 Å². The number of aliphatic hydroxyl groups is 1. The van der Waals surface area contributed by atoms with Gasteiger partial charge in [0.25, 0.3) is 0 Å². The monoisotopic (exact) mass is 262 g/mol. The van der Waals surface area contributed by atoms with Crippen LogP contribution in [0, 0.1) is 5.92 Å². The van der Waals surface area contributed by atoms with E-state index in [1.54, 1.807) is 6.92 Å². The predicted octanol–water partition coefficient (Wildman–Crippen LogP) is 0.0960. The number of carboxylic acids is 1. The van der Waals surface area contributed by atoms with Gasteiger partial charge in [-0.25, -0.2) is 0 Å². The van der Waals surface area contributed by atoms with E-state index in [1.807, 2.05) is 21.1 Å². The first-order chi connectivity index (χ1) is 8.03. The van der Waals surface area contributed by atoms with E-state index in [1.165, 1.54) is 6.92 Å².